The lowest BCUT2D eigenvalue weighted by Crippen LogP contribution is -1.86. The molecule has 1 aromatic carbocycles. The molecule has 3 heteroatoms. The Labute approximate surface area is 96.2 Å². The summed E-state index contributed by atoms with van der Waals surface area (Å²) in [6, 6.07) is 12.8. The zero-order valence-corrected chi connectivity index (χ0v) is 9.17. The van der Waals surface area contributed by atoms with Gasteiger partial charge in [-0.3, -0.25) is 0 Å². The highest BCUT2D eigenvalue weighted by molar-refractivity contribution is 7.13. The van der Waals surface area contributed by atoms with Crippen molar-refractivity contribution in [1.82, 2.24) is 4.98 Å². The van der Waals surface area contributed by atoms with E-state index in [1.54, 1.807) is 17.4 Å². The lowest BCUT2D eigenvalue weighted by Gasteiger charge is -2.01. The predicted octanol–water partition coefficient (Wildman–Crippen LogP) is 4.10. The Morgan fingerprint density at radius 2 is 1.94 bits per heavy atom. The number of pyridine rings is 1. The molecular weight excluding hydrogens is 221 g/mol. The summed E-state index contributed by atoms with van der Waals surface area (Å²) >= 11 is 1.61. The van der Waals surface area contributed by atoms with E-state index in [4.69, 9.17) is 0 Å². The number of fused-ring (bicyclic) bond motifs is 1. The average Bonchev–Trinajstić information content (AvgIpc) is 2.83. The summed E-state index contributed by atoms with van der Waals surface area (Å²) in [6.45, 7) is 0. The maximum atomic E-state index is 13.5. The van der Waals surface area contributed by atoms with Crippen LogP contribution < -0.4 is 0 Å². The Balaban J connectivity index is 2.27. The Kier molecular flexibility index (Phi) is 2.18. The van der Waals surface area contributed by atoms with Crippen molar-refractivity contribution in [3.63, 3.8) is 0 Å². The minimum atomic E-state index is -0.268. The van der Waals surface area contributed by atoms with Gasteiger partial charge in [-0.1, -0.05) is 24.3 Å². The zero-order chi connectivity index (χ0) is 11.0. The molecule has 3 aromatic rings. The summed E-state index contributed by atoms with van der Waals surface area (Å²) in [5.41, 5.74) is 1.26. The van der Waals surface area contributed by atoms with Gasteiger partial charge in [-0.15, -0.1) is 11.3 Å². The molecule has 16 heavy (non-hydrogen) atoms. The highest BCUT2D eigenvalue weighted by Crippen LogP contribution is 2.25. The smallest absolute Gasteiger partial charge is 0.149 e. The number of hydrogen-bond acceptors (Lipinski definition) is 2. The summed E-state index contributed by atoms with van der Waals surface area (Å²) in [7, 11) is 0. The monoisotopic (exact) mass is 229 g/mol. The third-order valence-corrected chi connectivity index (χ3v) is 3.34. The molecule has 0 fully saturated rings. The van der Waals surface area contributed by atoms with Crippen molar-refractivity contribution in [3.8, 4) is 10.6 Å². The molecule has 78 valence electrons. The van der Waals surface area contributed by atoms with Crippen molar-refractivity contribution < 1.29 is 4.39 Å². The first-order chi connectivity index (χ1) is 7.84. The summed E-state index contributed by atoms with van der Waals surface area (Å²) in [6.07, 6.45) is 0. The standard InChI is InChI=1S/C13H8FNS/c14-10-4-1-3-9-6-7-11(15-13(9)10)12-5-2-8-16-12/h1-8H. The third kappa shape index (κ3) is 1.49. The first-order valence-corrected chi connectivity index (χ1v) is 5.82. The lowest BCUT2D eigenvalue weighted by atomic mass is 10.2. The van der Waals surface area contributed by atoms with Crippen LogP contribution in [0.4, 0.5) is 4.39 Å². The molecule has 1 nitrogen and oxygen atoms in total. The molecule has 0 radical (unpaired) electrons. The second-order valence-corrected chi connectivity index (χ2v) is 4.43. The fraction of sp³-hybridized carbons (Fsp3) is 0. The van der Waals surface area contributed by atoms with Crippen LogP contribution in [-0.2, 0) is 0 Å². The van der Waals surface area contributed by atoms with E-state index in [9.17, 15) is 4.39 Å². The van der Waals surface area contributed by atoms with Gasteiger partial charge in [0.1, 0.15) is 11.3 Å². The van der Waals surface area contributed by atoms with Crippen molar-refractivity contribution >= 4 is 22.2 Å². The zero-order valence-electron chi connectivity index (χ0n) is 8.35. The molecule has 0 atom stereocenters. The molecular formula is C13H8FNS. The minimum absolute atomic E-state index is 0.268. The molecule has 2 heterocycles. The molecule has 0 N–H and O–H groups in total. The van der Waals surface area contributed by atoms with Crippen molar-refractivity contribution in [2.75, 3.05) is 0 Å². The molecule has 0 aliphatic carbocycles. The number of benzene rings is 1. The van der Waals surface area contributed by atoms with Crippen LogP contribution in [0.1, 0.15) is 0 Å². The molecule has 0 unspecified atom stereocenters. The molecule has 0 saturated heterocycles. The molecule has 0 aliphatic rings. The second kappa shape index (κ2) is 3.68. The molecule has 2 aromatic heterocycles. The van der Waals surface area contributed by atoms with E-state index in [0.29, 0.717) is 5.52 Å². The number of thiophene rings is 1. The summed E-state index contributed by atoms with van der Waals surface area (Å²) < 4.78 is 13.5. The molecule has 0 spiro atoms. The summed E-state index contributed by atoms with van der Waals surface area (Å²) in [5.74, 6) is -0.268. The van der Waals surface area contributed by atoms with Crippen LogP contribution in [0, 0.1) is 5.82 Å². The highest BCUT2D eigenvalue weighted by Gasteiger charge is 2.05. The van der Waals surface area contributed by atoms with E-state index in [0.717, 1.165) is 16.0 Å². The second-order valence-electron chi connectivity index (χ2n) is 3.49. The number of aromatic nitrogens is 1. The SMILES string of the molecule is Fc1cccc2ccc(-c3cccs3)nc12. The normalized spacial score (nSPS) is 10.8. The van der Waals surface area contributed by atoms with E-state index in [-0.39, 0.29) is 5.82 Å². The van der Waals surface area contributed by atoms with Gasteiger partial charge in [0.2, 0.25) is 0 Å². The molecule has 0 amide bonds. The van der Waals surface area contributed by atoms with Crippen molar-refractivity contribution in [2.24, 2.45) is 0 Å². The maximum absolute atomic E-state index is 13.5. The quantitative estimate of drug-likeness (QED) is 0.612. The minimum Gasteiger partial charge on any atom is -0.244 e. The van der Waals surface area contributed by atoms with Crippen LogP contribution in [0.15, 0.2) is 47.8 Å². The molecule has 3 rings (SSSR count). The van der Waals surface area contributed by atoms with Crippen LogP contribution in [0.25, 0.3) is 21.5 Å². The van der Waals surface area contributed by atoms with Gasteiger partial charge in [0.25, 0.3) is 0 Å². The first kappa shape index (κ1) is 9.48. The lowest BCUT2D eigenvalue weighted by molar-refractivity contribution is 0.637. The van der Waals surface area contributed by atoms with Crippen molar-refractivity contribution in [1.29, 1.82) is 0 Å². The number of halogens is 1. The van der Waals surface area contributed by atoms with Crippen molar-refractivity contribution in [2.45, 2.75) is 0 Å². The Morgan fingerprint density at radius 3 is 2.75 bits per heavy atom. The third-order valence-electron chi connectivity index (χ3n) is 2.44. The van der Waals surface area contributed by atoms with Crippen LogP contribution in [-0.4, -0.2) is 4.98 Å². The summed E-state index contributed by atoms with van der Waals surface area (Å²) in [4.78, 5) is 5.41. The summed E-state index contributed by atoms with van der Waals surface area (Å²) in [5, 5.41) is 2.82. The van der Waals surface area contributed by atoms with Gasteiger partial charge in [0.05, 0.1) is 10.6 Å². The van der Waals surface area contributed by atoms with Crippen LogP contribution in [0.5, 0.6) is 0 Å². The van der Waals surface area contributed by atoms with Crippen LogP contribution in [0.3, 0.4) is 0 Å². The number of para-hydroxylation sites is 1. The van der Waals surface area contributed by atoms with Gasteiger partial charge in [-0.25, -0.2) is 9.37 Å². The Hall–Kier alpha value is -1.74. The molecule has 0 bridgehead atoms. The number of nitrogens with zero attached hydrogens (tertiary/aromatic N) is 1. The molecule has 0 aliphatic heterocycles. The molecule has 0 saturated carbocycles. The Bertz CT molecular complexity index is 631. The fourth-order valence-corrected chi connectivity index (χ4v) is 2.37. The van der Waals surface area contributed by atoms with Crippen molar-refractivity contribution in [3.05, 3.63) is 53.7 Å². The Morgan fingerprint density at radius 1 is 1.00 bits per heavy atom. The van der Waals surface area contributed by atoms with E-state index in [2.05, 4.69) is 4.98 Å². The predicted molar refractivity (Wildman–Crippen MR) is 65.0 cm³/mol. The van der Waals surface area contributed by atoms with E-state index < -0.39 is 0 Å². The topological polar surface area (TPSA) is 12.9 Å². The fourth-order valence-electron chi connectivity index (χ4n) is 1.67. The van der Waals surface area contributed by atoms with Crippen LogP contribution in [0.2, 0.25) is 0 Å². The van der Waals surface area contributed by atoms with E-state index >= 15 is 0 Å². The van der Waals surface area contributed by atoms with Crippen LogP contribution >= 0.6 is 11.3 Å². The van der Waals surface area contributed by atoms with Gasteiger partial charge in [-0.05, 0) is 23.6 Å². The van der Waals surface area contributed by atoms with E-state index in [1.165, 1.54) is 6.07 Å². The van der Waals surface area contributed by atoms with Gasteiger partial charge in [0, 0.05) is 5.39 Å². The van der Waals surface area contributed by atoms with Gasteiger partial charge in [-0.2, -0.15) is 0 Å². The largest absolute Gasteiger partial charge is 0.244 e. The maximum Gasteiger partial charge on any atom is 0.149 e. The van der Waals surface area contributed by atoms with Gasteiger partial charge in [0.15, 0.2) is 0 Å². The number of rotatable bonds is 1. The van der Waals surface area contributed by atoms with E-state index in [1.807, 2.05) is 35.7 Å². The first-order valence-electron chi connectivity index (χ1n) is 4.94. The van der Waals surface area contributed by atoms with Gasteiger partial charge < -0.3 is 0 Å². The van der Waals surface area contributed by atoms with Gasteiger partial charge >= 0.3 is 0 Å². The number of hydrogen-bond donors (Lipinski definition) is 0. The highest BCUT2D eigenvalue weighted by atomic mass is 32.1. The average molecular weight is 229 g/mol.